The van der Waals surface area contributed by atoms with Crippen LogP contribution < -0.4 is 5.32 Å². The summed E-state index contributed by atoms with van der Waals surface area (Å²) in [7, 11) is 0. The first kappa shape index (κ1) is 19.7. The number of benzene rings is 1. The van der Waals surface area contributed by atoms with E-state index in [1.54, 1.807) is 31.0 Å². The van der Waals surface area contributed by atoms with Crippen LogP contribution in [0.1, 0.15) is 24.1 Å². The van der Waals surface area contributed by atoms with Crippen LogP contribution in [0, 0.1) is 5.92 Å². The lowest BCUT2D eigenvalue weighted by Gasteiger charge is -2.32. The number of carbonyl (C=O) groups excluding carboxylic acids is 1. The number of nitrogens with zero attached hydrogens (tertiary/aromatic N) is 5. The highest BCUT2D eigenvalue weighted by Crippen LogP contribution is 2.22. The molecule has 3 heterocycles. The fourth-order valence-corrected chi connectivity index (χ4v) is 3.64. The molecule has 1 amide bonds. The quantitative estimate of drug-likeness (QED) is 0.638. The Labute approximate surface area is 175 Å². The third kappa shape index (κ3) is 5.47. The molecule has 1 saturated heterocycles. The van der Waals surface area contributed by atoms with E-state index in [1.807, 2.05) is 47.4 Å². The summed E-state index contributed by atoms with van der Waals surface area (Å²) in [5.41, 5.74) is 1.99. The summed E-state index contributed by atoms with van der Waals surface area (Å²) >= 11 is 0. The highest BCUT2D eigenvalue weighted by molar-refractivity contribution is 5.91. The van der Waals surface area contributed by atoms with Crippen LogP contribution in [0.25, 0.3) is 6.08 Å². The number of hydrogen-bond donors (Lipinski definition) is 1. The van der Waals surface area contributed by atoms with E-state index in [0.717, 1.165) is 43.6 Å². The lowest BCUT2D eigenvalue weighted by Crippen LogP contribution is -2.39. The standard InChI is InChI=1S/C23H24N6O/c30-23(9-8-18-5-2-1-3-6-18)29-12-4-7-19(16-29)13-20-14-21(27-17-26-20)28-22-15-24-10-11-25-22/h1-3,5-6,8-11,14-15,17,19H,4,7,12-13,16H2,(H,25,26,27,28)/b9-8+. The van der Waals surface area contributed by atoms with Gasteiger partial charge < -0.3 is 10.2 Å². The number of aromatic nitrogens is 4. The van der Waals surface area contributed by atoms with Crippen LogP contribution in [-0.4, -0.2) is 43.8 Å². The van der Waals surface area contributed by atoms with Crippen molar-refractivity contribution in [2.45, 2.75) is 19.3 Å². The summed E-state index contributed by atoms with van der Waals surface area (Å²) in [6.45, 7) is 1.55. The monoisotopic (exact) mass is 400 g/mol. The number of anilines is 2. The predicted molar refractivity (Wildman–Crippen MR) is 116 cm³/mol. The fraction of sp³-hybridized carbons (Fsp3) is 0.261. The molecule has 0 spiro atoms. The minimum absolute atomic E-state index is 0.0660. The lowest BCUT2D eigenvalue weighted by molar-refractivity contribution is -0.127. The van der Waals surface area contributed by atoms with Gasteiger partial charge in [0.1, 0.15) is 18.0 Å². The number of piperidine rings is 1. The highest BCUT2D eigenvalue weighted by Gasteiger charge is 2.23. The van der Waals surface area contributed by atoms with Crippen LogP contribution in [0.4, 0.5) is 11.6 Å². The van der Waals surface area contributed by atoms with Crippen molar-refractivity contribution in [2.75, 3.05) is 18.4 Å². The molecule has 0 bridgehead atoms. The molecule has 1 N–H and O–H groups in total. The molecule has 1 aliphatic rings. The van der Waals surface area contributed by atoms with Gasteiger partial charge in [0, 0.05) is 43.3 Å². The van der Waals surface area contributed by atoms with Crippen molar-refractivity contribution in [3.8, 4) is 0 Å². The average Bonchev–Trinajstić information content (AvgIpc) is 2.79. The van der Waals surface area contributed by atoms with E-state index in [4.69, 9.17) is 0 Å². The van der Waals surface area contributed by atoms with Crippen LogP contribution in [0.2, 0.25) is 0 Å². The third-order valence-electron chi connectivity index (χ3n) is 5.09. The van der Waals surface area contributed by atoms with Gasteiger partial charge in [-0.3, -0.25) is 9.78 Å². The van der Waals surface area contributed by atoms with Crippen molar-refractivity contribution in [3.05, 3.63) is 78.6 Å². The molecule has 1 aromatic carbocycles. The molecule has 1 atom stereocenters. The van der Waals surface area contributed by atoms with Crippen molar-refractivity contribution >= 4 is 23.6 Å². The Morgan fingerprint density at radius 1 is 1.13 bits per heavy atom. The van der Waals surface area contributed by atoms with Crippen molar-refractivity contribution in [1.82, 2.24) is 24.8 Å². The van der Waals surface area contributed by atoms with Gasteiger partial charge in [-0.1, -0.05) is 30.3 Å². The van der Waals surface area contributed by atoms with E-state index in [0.29, 0.717) is 17.6 Å². The summed E-state index contributed by atoms with van der Waals surface area (Å²) < 4.78 is 0. The maximum absolute atomic E-state index is 12.6. The minimum atomic E-state index is 0.0660. The molecule has 30 heavy (non-hydrogen) atoms. The van der Waals surface area contributed by atoms with Gasteiger partial charge in [0.15, 0.2) is 0 Å². The zero-order chi connectivity index (χ0) is 20.6. The van der Waals surface area contributed by atoms with Crippen LogP contribution in [0.3, 0.4) is 0 Å². The van der Waals surface area contributed by atoms with Gasteiger partial charge in [0.2, 0.25) is 5.91 Å². The molecule has 4 rings (SSSR count). The molecule has 152 valence electrons. The topological polar surface area (TPSA) is 83.9 Å². The van der Waals surface area contributed by atoms with Crippen LogP contribution in [-0.2, 0) is 11.2 Å². The largest absolute Gasteiger partial charge is 0.339 e. The maximum atomic E-state index is 12.6. The van der Waals surface area contributed by atoms with E-state index in [-0.39, 0.29) is 5.91 Å². The Morgan fingerprint density at radius 2 is 2.03 bits per heavy atom. The SMILES string of the molecule is O=C(/C=C/c1ccccc1)N1CCCC(Cc2cc(Nc3cnccn3)ncn2)C1. The zero-order valence-corrected chi connectivity index (χ0v) is 16.7. The maximum Gasteiger partial charge on any atom is 0.246 e. The Bertz CT molecular complexity index is 993. The number of likely N-dealkylation sites (tertiary alicyclic amines) is 1. The van der Waals surface area contributed by atoms with Gasteiger partial charge in [0.05, 0.1) is 6.20 Å². The summed E-state index contributed by atoms with van der Waals surface area (Å²) in [5, 5.41) is 3.14. The molecule has 0 saturated carbocycles. The van der Waals surface area contributed by atoms with Gasteiger partial charge in [0.25, 0.3) is 0 Å². The molecule has 1 aliphatic heterocycles. The first-order valence-corrected chi connectivity index (χ1v) is 10.1. The molecular weight excluding hydrogens is 376 g/mol. The summed E-state index contributed by atoms with van der Waals surface area (Å²) in [5.74, 6) is 1.78. The number of rotatable bonds is 6. The van der Waals surface area contributed by atoms with E-state index in [1.165, 1.54) is 0 Å². The Hall–Kier alpha value is -3.61. The molecular formula is C23H24N6O. The molecule has 7 nitrogen and oxygen atoms in total. The van der Waals surface area contributed by atoms with E-state index in [9.17, 15) is 4.79 Å². The number of nitrogens with one attached hydrogen (secondary N) is 1. The number of carbonyl (C=O) groups is 1. The molecule has 0 radical (unpaired) electrons. The molecule has 2 aromatic heterocycles. The van der Waals surface area contributed by atoms with Gasteiger partial charge in [-0.15, -0.1) is 0 Å². The summed E-state index contributed by atoms with van der Waals surface area (Å²) in [6.07, 6.45) is 12.9. The van der Waals surface area contributed by atoms with Crippen LogP contribution in [0.15, 0.2) is 67.4 Å². The Kier molecular flexibility index (Phi) is 6.39. The molecule has 0 aliphatic carbocycles. The third-order valence-corrected chi connectivity index (χ3v) is 5.09. The fourth-order valence-electron chi connectivity index (χ4n) is 3.64. The predicted octanol–water partition coefficient (Wildman–Crippen LogP) is 3.50. The van der Waals surface area contributed by atoms with Gasteiger partial charge in [-0.2, -0.15) is 0 Å². The number of hydrogen-bond acceptors (Lipinski definition) is 6. The van der Waals surface area contributed by atoms with E-state index in [2.05, 4.69) is 25.3 Å². The second-order valence-electron chi connectivity index (χ2n) is 7.35. The van der Waals surface area contributed by atoms with Crippen molar-refractivity contribution in [3.63, 3.8) is 0 Å². The molecule has 7 heteroatoms. The normalized spacial score (nSPS) is 16.5. The Morgan fingerprint density at radius 3 is 2.87 bits per heavy atom. The van der Waals surface area contributed by atoms with Gasteiger partial charge >= 0.3 is 0 Å². The van der Waals surface area contributed by atoms with Gasteiger partial charge in [-0.05, 0) is 36.8 Å². The zero-order valence-electron chi connectivity index (χ0n) is 16.7. The smallest absolute Gasteiger partial charge is 0.246 e. The molecule has 1 unspecified atom stereocenters. The Balaban J connectivity index is 1.35. The van der Waals surface area contributed by atoms with Crippen molar-refractivity contribution in [1.29, 1.82) is 0 Å². The highest BCUT2D eigenvalue weighted by atomic mass is 16.2. The van der Waals surface area contributed by atoms with Crippen LogP contribution >= 0.6 is 0 Å². The van der Waals surface area contributed by atoms with Crippen molar-refractivity contribution in [2.24, 2.45) is 5.92 Å². The van der Waals surface area contributed by atoms with Crippen molar-refractivity contribution < 1.29 is 4.79 Å². The lowest BCUT2D eigenvalue weighted by atomic mass is 9.93. The van der Waals surface area contributed by atoms with Crippen LogP contribution in [0.5, 0.6) is 0 Å². The second-order valence-corrected chi connectivity index (χ2v) is 7.35. The second kappa shape index (κ2) is 9.73. The first-order chi connectivity index (χ1) is 14.8. The van der Waals surface area contributed by atoms with Gasteiger partial charge in [-0.25, -0.2) is 15.0 Å². The van der Waals surface area contributed by atoms with E-state index >= 15 is 0 Å². The minimum Gasteiger partial charge on any atom is -0.339 e. The molecule has 3 aromatic rings. The summed E-state index contributed by atoms with van der Waals surface area (Å²) in [6, 6.07) is 11.8. The number of amides is 1. The van der Waals surface area contributed by atoms with E-state index < -0.39 is 0 Å². The first-order valence-electron chi connectivity index (χ1n) is 10.1. The average molecular weight is 400 g/mol. The molecule has 1 fully saturated rings. The summed E-state index contributed by atoms with van der Waals surface area (Å²) in [4.78, 5) is 31.5.